The van der Waals surface area contributed by atoms with Gasteiger partial charge in [-0.25, -0.2) is 4.39 Å². The molecule has 0 heterocycles. The van der Waals surface area contributed by atoms with E-state index in [0.717, 1.165) is 6.07 Å². The van der Waals surface area contributed by atoms with E-state index in [0.29, 0.717) is 0 Å². The Labute approximate surface area is 168 Å². The molecule has 1 aliphatic rings. The van der Waals surface area contributed by atoms with Crippen LogP contribution in [0.3, 0.4) is 0 Å². The summed E-state index contributed by atoms with van der Waals surface area (Å²) in [5.74, 6) is -2.42. The minimum absolute atomic E-state index is 0.0463. The fourth-order valence-electron chi connectivity index (χ4n) is 3.17. The molecule has 0 spiro atoms. The van der Waals surface area contributed by atoms with Crippen LogP contribution in [0, 0.1) is 5.82 Å². The number of hydrogen-bond acceptors (Lipinski definition) is 3. The highest BCUT2D eigenvalue weighted by Crippen LogP contribution is 2.35. The zero-order valence-corrected chi connectivity index (χ0v) is 15.6. The van der Waals surface area contributed by atoms with Gasteiger partial charge in [-0.3, -0.25) is 14.4 Å². The average Bonchev–Trinajstić information content (AvgIpc) is 2.65. The molecule has 1 amide bonds. The Balaban J connectivity index is 1.79. The number of anilines is 1. The Kier molecular flexibility index (Phi) is 4.49. The summed E-state index contributed by atoms with van der Waals surface area (Å²) in [6, 6.07) is 12.7. The van der Waals surface area contributed by atoms with E-state index >= 15 is 0 Å². The molecule has 28 heavy (non-hydrogen) atoms. The van der Waals surface area contributed by atoms with Crippen molar-refractivity contribution in [3.63, 3.8) is 0 Å². The first-order valence-corrected chi connectivity index (χ1v) is 8.91. The van der Waals surface area contributed by atoms with Crippen LogP contribution in [0.15, 0.2) is 54.6 Å². The number of nitrogens with one attached hydrogen (secondary N) is 1. The lowest BCUT2D eigenvalue weighted by Gasteiger charge is -2.21. The highest BCUT2D eigenvalue weighted by Gasteiger charge is 2.33. The van der Waals surface area contributed by atoms with E-state index in [1.165, 1.54) is 42.5 Å². The van der Waals surface area contributed by atoms with Crippen molar-refractivity contribution >= 4 is 46.4 Å². The van der Waals surface area contributed by atoms with Gasteiger partial charge in [0.2, 0.25) is 0 Å². The number of halogens is 3. The van der Waals surface area contributed by atoms with Gasteiger partial charge >= 0.3 is 0 Å². The van der Waals surface area contributed by atoms with E-state index in [2.05, 4.69) is 5.32 Å². The molecule has 0 bridgehead atoms. The van der Waals surface area contributed by atoms with Crippen LogP contribution >= 0.6 is 23.2 Å². The average molecular weight is 414 g/mol. The minimum Gasteiger partial charge on any atom is -0.321 e. The number of benzene rings is 3. The van der Waals surface area contributed by atoms with E-state index < -0.39 is 23.3 Å². The largest absolute Gasteiger partial charge is 0.321 e. The van der Waals surface area contributed by atoms with Crippen LogP contribution < -0.4 is 5.32 Å². The number of fused-ring (bicyclic) bond motifs is 2. The van der Waals surface area contributed by atoms with Crippen molar-refractivity contribution in [1.29, 1.82) is 0 Å². The van der Waals surface area contributed by atoms with E-state index in [-0.39, 0.29) is 43.5 Å². The lowest BCUT2D eigenvalue weighted by molar-refractivity contribution is 0.0978. The van der Waals surface area contributed by atoms with Gasteiger partial charge in [0.05, 0.1) is 27.4 Å². The molecule has 0 aromatic heterocycles. The topological polar surface area (TPSA) is 63.2 Å². The highest BCUT2D eigenvalue weighted by molar-refractivity contribution is 6.39. The van der Waals surface area contributed by atoms with E-state index in [9.17, 15) is 18.8 Å². The minimum atomic E-state index is -0.797. The van der Waals surface area contributed by atoms with Crippen molar-refractivity contribution in [3.8, 4) is 0 Å². The summed E-state index contributed by atoms with van der Waals surface area (Å²) in [6.45, 7) is 0. The van der Waals surface area contributed by atoms with Crippen LogP contribution in [0.4, 0.5) is 10.1 Å². The molecule has 0 atom stereocenters. The first kappa shape index (κ1) is 18.3. The van der Waals surface area contributed by atoms with Gasteiger partial charge in [-0.15, -0.1) is 0 Å². The molecule has 0 unspecified atom stereocenters. The number of amides is 1. The molecule has 0 fully saturated rings. The molecule has 1 N–H and O–H groups in total. The second-order valence-electron chi connectivity index (χ2n) is 6.13. The van der Waals surface area contributed by atoms with Crippen LogP contribution in [-0.2, 0) is 0 Å². The van der Waals surface area contributed by atoms with Crippen molar-refractivity contribution in [2.45, 2.75) is 0 Å². The zero-order valence-electron chi connectivity index (χ0n) is 14.1. The standard InChI is InChI=1S/C21H10Cl2FNO3/c22-10-7-8-11(15(24)9-10)21(28)25-16-6-2-4-13-18(16)20(27)12-3-1-5-14(23)17(12)19(13)26/h1-9H,(H,25,28). The summed E-state index contributed by atoms with van der Waals surface area (Å²) in [4.78, 5) is 38.4. The summed E-state index contributed by atoms with van der Waals surface area (Å²) in [5, 5.41) is 2.85. The molecule has 7 heteroatoms. The SMILES string of the molecule is O=C(Nc1cccc2c1C(=O)c1cccc(Cl)c1C2=O)c1ccc(Cl)cc1F. The van der Waals surface area contributed by atoms with Crippen LogP contribution in [0.5, 0.6) is 0 Å². The predicted octanol–water partition coefficient (Wildman–Crippen LogP) is 5.16. The summed E-state index contributed by atoms with van der Waals surface area (Å²) in [7, 11) is 0. The molecule has 0 aliphatic heterocycles. The molecule has 138 valence electrons. The summed E-state index contributed by atoms with van der Waals surface area (Å²) >= 11 is 11.8. The molecule has 4 nitrogen and oxygen atoms in total. The Morgan fingerprint density at radius 2 is 1.50 bits per heavy atom. The second-order valence-corrected chi connectivity index (χ2v) is 6.97. The summed E-state index contributed by atoms with van der Waals surface area (Å²) in [6.07, 6.45) is 0. The second kappa shape index (κ2) is 6.86. The Morgan fingerprint density at radius 3 is 2.21 bits per heavy atom. The van der Waals surface area contributed by atoms with Gasteiger partial charge in [-0.2, -0.15) is 0 Å². The molecular formula is C21H10Cl2FNO3. The van der Waals surface area contributed by atoms with Gasteiger partial charge in [0.15, 0.2) is 11.6 Å². The number of ketones is 2. The zero-order chi connectivity index (χ0) is 20.0. The third kappa shape index (κ3) is 2.89. The normalized spacial score (nSPS) is 12.4. The van der Waals surface area contributed by atoms with Crippen molar-refractivity contribution in [2.75, 3.05) is 5.32 Å². The number of rotatable bonds is 2. The molecule has 0 saturated heterocycles. The summed E-state index contributed by atoms with van der Waals surface area (Å²) < 4.78 is 14.0. The molecular weight excluding hydrogens is 404 g/mol. The number of carbonyl (C=O) groups is 3. The fourth-order valence-corrected chi connectivity index (χ4v) is 3.59. The first-order valence-electron chi connectivity index (χ1n) is 8.16. The van der Waals surface area contributed by atoms with E-state index in [1.807, 2.05) is 0 Å². The highest BCUT2D eigenvalue weighted by atomic mass is 35.5. The molecule has 1 aliphatic carbocycles. The Morgan fingerprint density at radius 1 is 0.857 bits per heavy atom. The maximum Gasteiger partial charge on any atom is 0.258 e. The Bertz CT molecular complexity index is 1190. The van der Waals surface area contributed by atoms with Crippen LogP contribution in [0.25, 0.3) is 0 Å². The third-order valence-corrected chi connectivity index (χ3v) is 5.00. The maximum absolute atomic E-state index is 14.0. The molecule has 0 radical (unpaired) electrons. The molecule has 3 aromatic carbocycles. The van der Waals surface area contributed by atoms with Crippen molar-refractivity contribution in [3.05, 3.63) is 98.3 Å². The predicted molar refractivity (Wildman–Crippen MR) is 104 cm³/mol. The van der Waals surface area contributed by atoms with E-state index in [4.69, 9.17) is 23.2 Å². The number of hydrogen-bond donors (Lipinski definition) is 1. The first-order chi connectivity index (χ1) is 13.4. The molecule has 0 saturated carbocycles. The lowest BCUT2D eigenvalue weighted by atomic mass is 9.83. The van der Waals surface area contributed by atoms with Gasteiger partial charge < -0.3 is 5.32 Å². The Hall–Kier alpha value is -3.02. The van der Waals surface area contributed by atoms with Crippen molar-refractivity contribution in [1.82, 2.24) is 0 Å². The van der Waals surface area contributed by atoms with Gasteiger partial charge in [-0.05, 0) is 30.3 Å². The molecule has 3 aromatic rings. The van der Waals surface area contributed by atoms with E-state index in [1.54, 1.807) is 6.07 Å². The van der Waals surface area contributed by atoms with Gasteiger partial charge in [0.1, 0.15) is 5.82 Å². The van der Waals surface area contributed by atoms with Crippen LogP contribution in [-0.4, -0.2) is 17.5 Å². The van der Waals surface area contributed by atoms with Crippen molar-refractivity contribution < 1.29 is 18.8 Å². The van der Waals surface area contributed by atoms with Gasteiger partial charge in [0, 0.05) is 16.1 Å². The lowest BCUT2D eigenvalue weighted by Crippen LogP contribution is -2.24. The fraction of sp³-hybridized carbons (Fsp3) is 0. The maximum atomic E-state index is 14.0. The summed E-state index contributed by atoms with van der Waals surface area (Å²) in [5.41, 5.74) is 0.337. The van der Waals surface area contributed by atoms with Crippen molar-refractivity contribution in [2.24, 2.45) is 0 Å². The monoisotopic (exact) mass is 413 g/mol. The molecule has 4 rings (SSSR count). The van der Waals surface area contributed by atoms with Gasteiger partial charge in [-0.1, -0.05) is 47.5 Å². The van der Waals surface area contributed by atoms with Crippen LogP contribution in [0.2, 0.25) is 10.0 Å². The third-order valence-electron chi connectivity index (χ3n) is 4.45. The van der Waals surface area contributed by atoms with Crippen LogP contribution in [0.1, 0.15) is 42.2 Å². The smallest absolute Gasteiger partial charge is 0.258 e. The quantitative estimate of drug-likeness (QED) is 0.493. The number of carbonyl (C=O) groups excluding carboxylic acids is 3. The van der Waals surface area contributed by atoms with Gasteiger partial charge in [0.25, 0.3) is 5.91 Å².